The van der Waals surface area contributed by atoms with Gasteiger partial charge in [0.05, 0.1) is 6.04 Å². The molecule has 29 heavy (non-hydrogen) atoms. The van der Waals surface area contributed by atoms with E-state index in [9.17, 15) is 4.79 Å². The van der Waals surface area contributed by atoms with Crippen molar-refractivity contribution < 1.29 is 9.21 Å². The van der Waals surface area contributed by atoms with E-state index in [1.54, 1.807) is 36.7 Å². The van der Waals surface area contributed by atoms with Gasteiger partial charge in [0.2, 0.25) is 11.8 Å². The van der Waals surface area contributed by atoms with Gasteiger partial charge in [-0.25, -0.2) is 0 Å². The number of pyridine rings is 1. The van der Waals surface area contributed by atoms with E-state index in [0.717, 1.165) is 22.3 Å². The summed E-state index contributed by atoms with van der Waals surface area (Å²) in [7, 11) is 0. The van der Waals surface area contributed by atoms with E-state index >= 15 is 0 Å². The Kier molecular flexibility index (Phi) is 5.16. The molecule has 1 atom stereocenters. The lowest BCUT2D eigenvalue weighted by molar-refractivity contribution is 0.0940. The fraction of sp³-hybridized carbons (Fsp3) is 0.130. The van der Waals surface area contributed by atoms with Gasteiger partial charge in [-0.2, -0.15) is 0 Å². The van der Waals surface area contributed by atoms with Crippen LogP contribution in [0.4, 0.5) is 0 Å². The molecule has 144 valence electrons. The second kappa shape index (κ2) is 8.06. The third kappa shape index (κ3) is 4.06. The molecule has 6 nitrogen and oxygen atoms in total. The molecular weight excluding hydrogens is 364 g/mol. The number of aromatic nitrogens is 3. The van der Waals surface area contributed by atoms with Crippen molar-refractivity contribution in [2.75, 3.05) is 0 Å². The Balaban J connectivity index is 1.48. The molecular formula is C23H20N4O2. The zero-order valence-electron chi connectivity index (χ0n) is 16.2. The molecule has 0 saturated carbocycles. The van der Waals surface area contributed by atoms with Gasteiger partial charge in [-0.15, -0.1) is 10.2 Å². The van der Waals surface area contributed by atoms with Crippen molar-refractivity contribution in [3.63, 3.8) is 0 Å². The van der Waals surface area contributed by atoms with Gasteiger partial charge in [-0.05, 0) is 61.4 Å². The first-order chi connectivity index (χ1) is 14.1. The molecule has 2 aromatic carbocycles. The van der Waals surface area contributed by atoms with Crippen molar-refractivity contribution in [2.45, 2.75) is 19.9 Å². The fourth-order valence-electron chi connectivity index (χ4n) is 3.02. The van der Waals surface area contributed by atoms with E-state index in [1.165, 1.54) is 0 Å². The largest absolute Gasteiger partial charge is 0.416 e. The number of amides is 1. The molecule has 2 heterocycles. The van der Waals surface area contributed by atoms with Gasteiger partial charge >= 0.3 is 0 Å². The first-order valence-corrected chi connectivity index (χ1v) is 9.32. The average Bonchev–Trinajstić information content (AvgIpc) is 3.25. The van der Waals surface area contributed by atoms with Crippen molar-refractivity contribution in [2.24, 2.45) is 0 Å². The first-order valence-electron chi connectivity index (χ1n) is 9.32. The van der Waals surface area contributed by atoms with Crippen LogP contribution in [0, 0.1) is 6.92 Å². The molecule has 0 bridgehead atoms. The smallest absolute Gasteiger partial charge is 0.251 e. The van der Waals surface area contributed by atoms with Gasteiger partial charge in [-0.1, -0.05) is 24.3 Å². The number of carbonyl (C=O) groups excluding carboxylic acids is 1. The van der Waals surface area contributed by atoms with Crippen LogP contribution in [0.5, 0.6) is 0 Å². The molecule has 1 unspecified atom stereocenters. The van der Waals surface area contributed by atoms with Crippen LogP contribution in [0.2, 0.25) is 0 Å². The number of aryl methyl sites for hydroxylation is 1. The van der Waals surface area contributed by atoms with Gasteiger partial charge in [-0.3, -0.25) is 9.78 Å². The number of hydrogen-bond acceptors (Lipinski definition) is 5. The summed E-state index contributed by atoms with van der Waals surface area (Å²) in [6.45, 7) is 3.92. The quantitative estimate of drug-likeness (QED) is 0.544. The van der Waals surface area contributed by atoms with Crippen LogP contribution in [0.25, 0.3) is 22.9 Å². The third-order valence-electron chi connectivity index (χ3n) is 4.73. The first kappa shape index (κ1) is 18.6. The van der Waals surface area contributed by atoms with Crippen LogP contribution >= 0.6 is 0 Å². The fourth-order valence-corrected chi connectivity index (χ4v) is 3.02. The summed E-state index contributed by atoms with van der Waals surface area (Å²) in [6, 6.07) is 18.6. The van der Waals surface area contributed by atoms with Crippen molar-refractivity contribution in [1.29, 1.82) is 0 Å². The molecule has 4 rings (SSSR count). The van der Waals surface area contributed by atoms with Gasteiger partial charge in [0, 0.05) is 29.1 Å². The number of nitrogens with one attached hydrogen (secondary N) is 1. The predicted octanol–water partition coefficient (Wildman–Crippen LogP) is 4.60. The van der Waals surface area contributed by atoms with Crippen LogP contribution in [0.1, 0.15) is 34.5 Å². The normalized spacial score (nSPS) is 11.8. The Bertz CT molecular complexity index is 1120. The molecule has 4 aromatic rings. The molecule has 2 aromatic heterocycles. The minimum Gasteiger partial charge on any atom is -0.416 e. The second-order valence-electron chi connectivity index (χ2n) is 6.79. The van der Waals surface area contributed by atoms with E-state index < -0.39 is 0 Å². The molecule has 0 radical (unpaired) electrons. The zero-order valence-corrected chi connectivity index (χ0v) is 16.2. The van der Waals surface area contributed by atoms with Gasteiger partial charge in [0.1, 0.15) is 0 Å². The van der Waals surface area contributed by atoms with E-state index in [4.69, 9.17) is 4.42 Å². The molecule has 1 N–H and O–H groups in total. The molecule has 0 aliphatic heterocycles. The van der Waals surface area contributed by atoms with Crippen molar-refractivity contribution in [1.82, 2.24) is 20.5 Å². The van der Waals surface area contributed by atoms with E-state index in [2.05, 4.69) is 20.5 Å². The topological polar surface area (TPSA) is 80.9 Å². The maximum Gasteiger partial charge on any atom is 0.251 e. The highest BCUT2D eigenvalue weighted by Gasteiger charge is 2.14. The minimum absolute atomic E-state index is 0.136. The summed E-state index contributed by atoms with van der Waals surface area (Å²) in [6.07, 6.45) is 3.45. The summed E-state index contributed by atoms with van der Waals surface area (Å²) >= 11 is 0. The maximum absolute atomic E-state index is 12.5. The Morgan fingerprint density at radius 3 is 2.45 bits per heavy atom. The van der Waals surface area contributed by atoms with Crippen LogP contribution in [0.3, 0.4) is 0 Å². The number of rotatable bonds is 5. The van der Waals surface area contributed by atoms with Crippen LogP contribution in [-0.2, 0) is 0 Å². The number of nitrogens with zero attached hydrogens (tertiary/aromatic N) is 3. The van der Waals surface area contributed by atoms with Gasteiger partial charge in [0.15, 0.2) is 0 Å². The van der Waals surface area contributed by atoms with E-state index in [1.807, 2.05) is 50.2 Å². The Hall–Kier alpha value is -3.80. The number of carbonyl (C=O) groups is 1. The summed E-state index contributed by atoms with van der Waals surface area (Å²) in [5.74, 6) is 0.739. The van der Waals surface area contributed by atoms with Crippen molar-refractivity contribution in [3.05, 3.63) is 89.7 Å². The van der Waals surface area contributed by atoms with Gasteiger partial charge < -0.3 is 9.73 Å². The van der Waals surface area contributed by atoms with Gasteiger partial charge in [0.25, 0.3) is 5.91 Å². The number of hydrogen-bond donors (Lipinski definition) is 1. The summed E-state index contributed by atoms with van der Waals surface area (Å²) in [5.41, 5.74) is 4.24. The molecule has 0 aliphatic carbocycles. The Morgan fingerprint density at radius 2 is 1.72 bits per heavy atom. The highest BCUT2D eigenvalue weighted by Crippen LogP contribution is 2.26. The predicted molar refractivity (Wildman–Crippen MR) is 110 cm³/mol. The van der Waals surface area contributed by atoms with Crippen LogP contribution in [-0.4, -0.2) is 21.1 Å². The molecule has 1 amide bonds. The Morgan fingerprint density at radius 1 is 0.966 bits per heavy atom. The third-order valence-corrected chi connectivity index (χ3v) is 4.73. The van der Waals surface area contributed by atoms with Crippen LogP contribution in [0.15, 0.2) is 77.5 Å². The molecule has 0 fully saturated rings. The lowest BCUT2D eigenvalue weighted by Crippen LogP contribution is -2.26. The average molecular weight is 384 g/mol. The summed E-state index contributed by atoms with van der Waals surface area (Å²) in [4.78, 5) is 16.6. The Labute approximate surface area is 168 Å². The molecule has 0 aliphatic rings. The highest BCUT2D eigenvalue weighted by atomic mass is 16.4. The maximum atomic E-state index is 12.5. The number of benzene rings is 2. The minimum atomic E-state index is -0.154. The highest BCUT2D eigenvalue weighted by molar-refractivity contribution is 5.94. The van der Waals surface area contributed by atoms with Crippen LogP contribution < -0.4 is 5.32 Å². The van der Waals surface area contributed by atoms with E-state index in [-0.39, 0.29) is 11.9 Å². The molecule has 6 heteroatoms. The molecule has 0 saturated heterocycles. The lowest BCUT2D eigenvalue weighted by Gasteiger charge is -2.13. The standard InChI is InChI=1S/C23H20N4O2/c1-15-6-3-4-8-20(15)23-27-26-22(29-23)18-11-9-17(10-12-18)21(28)25-16(2)19-7-5-13-24-14-19/h3-14,16H,1-2H3,(H,25,28). The SMILES string of the molecule is Cc1ccccc1-c1nnc(-c2ccc(C(=O)NC(C)c3cccnc3)cc2)o1. The zero-order chi connectivity index (χ0) is 20.2. The summed E-state index contributed by atoms with van der Waals surface area (Å²) < 4.78 is 5.83. The van der Waals surface area contributed by atoms with E-state index in [0.29, 0.717) is 17.3 Å². The monoisotopic (exact) mass is 384 g/mol. The van der Waals surface area contributed by atoms with Crippen molar-refractivity contribution >= 4 is 5.91 Å². The lowest BCUT2D eigenvalue weighted by atomic mass is 10.1. The summed E-state index contributed by atoms with van der Waals surface area (Å²) in [5, 5.41) is 11.3. The second-order valence-corrected chi connectivity index (χ2v) is 6.79. The van der Waals surface area contributed by atoms with Crippen molar-refractivity contribution in [3.8, 4) is 22.9 Å². The molecule has 0 spiro atoms.